The molecule has 1 saturated carbocycles. The average Bonchev–Trinajstić information content (AvgIpc) is 3.24. The van der Waals surface area contributed by atoms with Crippen LogP contribution in [-0.2, 0) is 4.79 Å². The van der Waals surface area contributed by atoms with Crippen molar-refractivity contribution >= 4 is 22.8 Å². The van der Waals surface area contributed by atoms with Crippen LogP contribution in [0, 0.1) is 17.2 Å². The molecular weight excluding hydrogens is 434 g/mol. The number of hydrogen-bond donors (Lipinski definition) is 4. The summed E-state index contributed by atoms with van der Waals surface area (Å²) in [4.78, 5) is 19.2. The third-order valence-electron chi connectivity index (χ3n) is 6.14. The highest BCUT2D eigenvalue weighted by atomic mass is 16.4. The van der Waals surface area contributed by atoms with Gasteiger partial charge in [0.25, 0.3) is 0 Å². The molecule has 1 aromatic carbocycles. The summed E-state index contributed by atoms with van der Waals surface area (Å²) in [5.41, 5.74) is 2.24. The first-order valence-electron chi connectivity index (χ1n) is 11.4. The number of rotatable bonds is 6. The van der Waals surface area contributed by atoms with E-state index >= 15 is 0 Å². The van der Waals surface area contributed by atoms with E-state index in [4.69, 9.17) is 15.5 Å². The molecule has 9 nitrogen and oxygen atoms in total. The minimum absolute atomic E-state index is 0.326. The number of fused-ring (bicyclic) bond motifs is 1. The molecule has 1 fully saturated rings. The summed E-state index contributed by atoms with van der Waals surface area (Å²) in [6.07, 6.45) is 4.54. The van der Waals surface area contributed by atoms with Crippen LogP contribution in [0.2, 0.25) is 0 Å². The second-order valence-electron chi connectivity index (χ2n) is 8.51. The fourth-order valence-corrected chi connectivity index (χ4v) is 4.35. The van der Waals surface area contributed by atoms with E-state index in [9.17, 15) is 9.90 Å². The number of carboxylic acid groups (broad SMARTS) is 1. The molecule has 34 heavy (non-hydrogen) atoms. The predicted molar refractivity (Wildman–Crippen MR) is 128 cm³/mol. The highest BCUT2D eigenvalue weighted by Gasteiger charge is 2.27. The number of imidazole rings is 1. The van der Waals surface area contributed by atoms with Crippen LogP contribution >= 0.6 is 0 Å². The SMILES string of the molecule is CNc1cc2c(cn1)nc([C@@H](C)O)n2C1CCC(CC#N)CC1.O=C(O)C(O)c1ccccc1. The minimum atomic E-state index is -1.41. The lowest BCUT2D eigenvalue weighted by atomic mass is 9.84. The van der Waals surface area contributed by atoms with Gasteiger partial charge in [0.1, 0.15) is 23.3 Å². The highest BCUT2D eigenvalue weighted by Crippen LogP contribution is 2.37. The van der Waals surface area contributed by atoms with Crippen LogP contribution in [0.25, 0.3) is 11.0 Å². The van der Waals surface area contributed by atoms with E-state index < -0.39 is 18.2 Å². The number of benzene rings is 1. The summed E-state index contributed by atoms with van der Waals surface area (Å²) in [6.45, 7) is 1.76. The quantitative estimate of drug-likeness (QED) is 0.428. The van der Waals surface area contributed by atoms with Crippen LogP contribution in [0.3, 0.4) is 0 Å². The normalized spacial score (nSPS) is 19.4. The Morgan fingerprint density at radius 1 is 1.24 bits per heavy atom. The van der Waals surface area contributed by atoms with E-state index in [0.29, 0.717) is 29.8 Å². The molecule has 1 aliphatic rings. The zero-order valence-electron chi connectivity index (χ0n) is 19.4. The van der Waals surface area contributed by atoms with Crippen molar-refractivity contribution in [3.8, 4) is 6.07 Å². The van der Waals surface area contributed by atoms with E-state index in [1.54, 1.807) is 43.5 Å². The number of pyridine rings is 1. The summed E-state index contributed by atoms with van der Waals surface area (Å²) in [5, 5.41) is 39.5. The molecule has 2 aromatic heterocycles. The van der Waals surface area contributed by atoms with Gasteiger partial charge in [0.15, 0.2) is 6.10 Å². The summed E-state index contributed by atoms with van der Waals surface area (Å²) in [6, 6.07) is 12.9. The van der Waals surface area contributed by atoms with Gasteiger partial charge in [-0.05, 0) is 44.1 Å². The van der Waals surface area contributed by atoms with Crippen LogP contribution in [0.5, 0.6) is 0 Å². The van der Waals surface area contributed by atoms with Gasteiger partial charge in [-0.15, -0.1) is 0 Å². The number of nitriles is 1. The van der Waals surface area contributed by atoms with E-state index in [2.05, 4.69) is 25.9 Å². The Balaban J connectivity index is 0.000000248. The van der Waals surface area contributed by atoms with Gasteiger partial charge in [-0.25, -0.2) is 14.8 Å². The fourth-order valence-electron chi connectivity index (χ4n) is 4.35. The van der Waals surface area contributed by atoms with Gasteiger partial charge in [-0.2, -0.15) is 5.26 Å². The summed E-state index contributed by atoms with van der Waals surface area (Å²) in [5.74, 6) is 0.791. The molecular formula is C25H31N5O4. The Kier molecular flexibility index (Phi) is 8.57. The third-order valence-corrected chi connectivity index (χ3v) is 6.14. The van der Waals surface area contributed by atoms with Crippen LogP contribution in [0.1, 0.15) is 68.7 Å². The number of aliphatic hydroxyl groups is 2. The lowest BCUT2D eigenvalue weighted by Crippen LogP contribution is -2.20. The zero-order chi connectivity index (χ0) is 24.7. The Morgan fingerprint density at radius 3 is 2.47 bits per heavy atom. The van der Waals surface area contributed by atoms with Crippen LogP contribution in [0.4, 0.5) is 5.82 Å². The van der Waals surface area contributed by atoms with Crippen molar-refractivity contribution in [2.75, 3.05) is 12.4 Å². The monoisotopic (exact) mass is 465 g/mol. The average molecular weight is 466 g/mol. The van der Waals surface area contributed by atoms with Gasteiger partial charge in [0.05, 0.1) is 17.8 Å². The molecule has 180 valence electrons. The zero-order valence-corrected chi connectivity index (χ0v) is 19.4. The Morgan fingerprint density at radius 2 is 1.91 bits per heavy atom. The van der Waals surface area contributed by atoms with Gasteiger partial charge >= 0.3 is 5.97 Å². The number of nitrogens with one attached hydrogen (secondary N) is 1. The number of aliphatic hydroxyl groups excluding tert-OH is 2. The maximum Gasteiger partial charge on any atom is 0.337 e. The first-order chi connectivity index (χ1) is 16.3. The number of aliphatic carboxylic acids is 1. The van der Waals surface area contributed by atoms with Gasteiger partial charge in [0.2, 0.25) is 0 Å². The fraction of sp³-hybridized carbons (Fsp3) is 0.440. The second-order valence-corrected chi connectivity index (χ2v) is 8.51. The lowest BCUT2D eigenvalue weighted by molar-refractivity contribution is -0.146. The van der Waals surface area contributed by atoms with Crippen molar-refractivity contribution < 1.29 is 20.1 Å². The molecule has 0 amide bonds. The van der Waals surface area contributed by atoms with Crippen LogP contribution < -0.4 is 5.32 Å². The van der Waals surface area contributed by atoms with Crippen LogP contribution in [-0.4, -0.2) is 42.9 Å². The van der Waals surface area contributed by atoms with E-state index in [-0.39, 0.29) is 0 Å². The predicted octanol–water partition coefficient (Wildman–Crippen LogP) is 3.98. The van der Waals surface area contributed by atoms with Gasteiger partial charge < -0.3 is 25.2 Å². The van der Waals surface area contributed by atoms with Gasteiger partial charge in [-0.1, -0.05) is 30.3 Å². The summed E-state index contributed by atoms with van der Waals surface area (Å²) < 4.78 is 2.19. The maximum atomic E-state index is 10.2. The first kappa shape index (κ1) is 25.1. The van der Waals surface area contributed by atoms with Crippen molar-refractivity contribution in [3.63, 3.8) is 0 Å². The number of nitrogens with zero attached hydrogens (tertiary/aromatic N) is 4. The highest BCUT2D eigenvalue weighted by molar-refractivity contribution is 5.78. The molecule has 0 bridgehead atoms. The molecule has 4 N–H and O–H groups in total. The number of aromatic nitrogens is 3. The summed E-state index contributed by atoms with van der Waals surface area (Å²) in [7, 11) is 1.84. The Labute approximate surface area is 198 Å². The molecule has 2 heterocycles. The molecule has 0 radical (unpaired) electrons. The summed E-state index contributed by atoms with van der Waals surface area (Å²) >= 11 is 0. The Hall–Kier alpha value is -3.48. The molecule has 4 rings (SSSR count). The molecule has 0 saturated heterocycles. The Bertz CT molecular complexity index is 1130. The number of hydrogen-bond acceptors (Lipinski definition) is 7. The topological polar surface area (TPSA) is 144 Å². The molecule has 2 atom stereocenters. The van der Waals surface area contributed by atoms with Crippen molar-refractivity contribution in [2.45, 2.75) is 57.3 Å². The molecule has 0 spiro atoms. The molecule has 3 aromatic rings. The van der Waals surface area contributed by atoms with Gasteiger partial charge in [-0.3, -0.25) is 0 Å². The smallest absolute Gasteiger partial charge is 0.337 e. The number of carbonyl (C=O) groups is 1. The van der Waals surface area contributed by atoms with Crippen LogP contribution in [0.15, 0.2) is 42.6 Å². The molecule has 0 aliphatic heterocycles. The minimum Gasteiger partial charge on any atom is -0.479 e. The maximum absolute atomic E-state index is 10.2. The molecule has 1 aliphatic carbocycles. The van der Waals surface area contributed by atoms with Crippen molar-refractivity contribution in [1.29, 1.82) is 5.26 Å². The molecule has 1 unspecified atom stereocenters. The number of carboxylic acids is 1. The van der Waals surface area contributed by atoms with E-state index in [1.165, 1.54) is 0 Å². The van der Waals surface area contributed by atoms with Crippen molar-refractivity contribution in [1.82, 2.24) is 14.5 Å². The second kappa shape index (κ2) is 11.6. The largest absolute Gasteiger partial charge is 0.479 e. The number of anilines is 1. The third kappa shape index (κ3) is 5.90. The first-order valence-corrected chi connectivity index (χ1v) is 11.4. The van der Waals surface area contributed by atoms with Crippen molar-refractivity contribution in [2.24, 2.45) is 5.92 Å². The molecule has 9 heteroatoms. The van der Waals surface area contributed by atoms with Crippen molar-refractivity contribution in [3.05, 3.63) is 54.0 Å². The standard InChI is InChI=1S/C17H23N5O.C8H8O3/c1-11(23)17-21-14-10-20-16(19-2)9-15(14)22(17)13-5-3-12(4-6-13)7-8-18;9-7(8(10)11)6-4-2-1-3-5-6/h9-13,23H,3-7H2,1-2H3,(H,19,20);1-5,7,9H,(H,10,11)/t11-,12?,13?;/m1./s1. The van der Waals surface area contributed by atoms with Gasteiger partial charge in [0, 0.05) is 25.6 Å². The van der Waals surface area contributed by atoms with E-state index in [1.807, 2.05) is 13.1 Å². The van der Waals surface area contributed by atoms with E-state index in [0.717, 1.165) is 42.5 Å². The lowest BCUT2D eigenvalue weighted by Gasteiger charge is -2.30.